The highest BCUT2D eigenvalue weighted by Gasteiger charge is 2.15. The zero-order valence-electron chi connectivity index (χ0n) is 11.3. The first kappa shape index (κ1) is 14.5. The number of carbonyl (C=O) groups is 2. The van der Waals surface area contributed by atoms with Crippen LogP contribution in [0.3, 0.4) is 0 Å². The average Bonchev–Trinajstić information content (AvgIpc) is 2.46. The molecular weight excluding hydrogens is 273 g/mol. The second-order valence-electron chi connectivity index (χ2n) is 4.31. The van der Waals surface area contributed by atoms with Gasteiger partial charge in [0.1, 0.15) is 5.82 Å². The van der Waals surface area contributed by atoms with Gasteiger partial charge in [-0.05, 0) is 30.3 Å². The van der Waals surface area contributed by atoms with E-state index < -0.39 is 11.7 Å². The molecule has 0 saturated heterocycles. The molecule has 0 atom stereocenters. The molecule has 0 saturated carbocycles. The molecule has 108 valence electrons. The lowest BCUT2D eigenvalue weighted by atomic mass is 10.1. The Morgan fingerprint density at radius 2 is 1.76 bits per heavy atom. The van der Waals surface area contributed by atoms with Crippen molar-refractivity contribution in [3.63, 3.8) is 0 Å². The number of benzene rings is 2. The molecule has 2 amide bonds. The Morgan fingerprint density at radius 1 is 1.05 bits per heavy atom. The van der Waals surface area contributed by atoms with E-state index in [1.807, 2.05) is 0 Å². The van der Waals surface area contributed by atoms with Gasteiger partial charge in [0, 0.05) is 12.7 Å². The van der Waals surface area contributed by atoms with Gasteiger partial charge in [-0.1, -0.05) is 12.1 Å². The fraction of sp³-hybridized carbons (Fsp3) is 0.0667. The van der Waals surface area contributed by atoms with Crippen molar-refractivity contribution >= 4 is 23.2 Å². The smallest absolute Gasteiger partial charge is 0.257 e. The molecule has 0 aliphatic heterocycles. The Kier molecular flexibility index (Phi) is 4.18. The van der Waals surface area contributed by atoms with Gasteiger partial charge in [-0.2, -0.15) is 0 Å². The Bertz CT molecular complexity index is 701. The van der Waals surface area contributed by atoms with Crippen LogP contribution in [0.1, 0.15) is 20.7 Å². The first-order chi connectivity index (χ1) is 10.0. The number of para-hydroxylation sites is 1. The van der Waals surface area contributed by atoms with Gasteiger partial charge < -0.3 is 16.4 Å². The molecule has 0 fully saturated rings. The molecule has 0 unspecified atom stereocenters. The zero-order chi connectivity index (χ0) is 15.4. The molecular formula is C15H14FN3O2. The summed E-state index contributed by atoms with van der Waals surface area (Å²) in [6, 6.07) is 10.1. The number of nitrogen functional groups attached to an aromatic ring is 1. The number of hydrogen-bond donors (Lipinski definition) is 3. The second-order valence-corrected chi connectivity index (χ2v) is 4.31. The molecule has 0 heterocycles. The van der Waals surface area contributed by atoms with Crippen molar-refractivity contribution in [1.82, 2.24) is 5.32 Å². The lowest BCUT2D eigenvalue weighted by Crippen LogP contribution is -2.21. The van der Waals surface area contributed by atoms with Crippen molar-refractivity contribution in [1.29, 1.82) is 0 Å². The lowest BCUT2D eigenvalue weighted by molar-refractivity contribution is 0.0964. The third-order valence-electron chi connectivity index (χ3n) is 2.91. The topological polar surface area (TPSA) is 84.2 Å². The predicted octanol–water partition coefficient (Wildman–Crippen LogP) is 2.02. The number of anilines is 2. The fourth-order valence-corrected chi connectivity index (χ4v) is 1.85. The maximum absolute atomic E-state index is 13.0. The summed E-state index contributed by atoms with van der Waals surface area (Å²) < 4.78 is 13.0. The second kappa shape index (κ2) is 6.04. The number of nitrogens with one attached hydrogen (secondary N) is 2. The van der Waals surface area contributed by atoms with Crippen molar-refractivity contribution in [2.24, 2.45) is 0 Å². The van der Waals surface area contributed by atoms with Crippen LogP contribution in [0, 0.1) is 5.82 Å². The summed E-state index contributed by atoms with van der Waals surface area (Å²) in [5.74, 6) is -1.35. The van der Waals surface area contributed by atoms with Gasteiger partial charge in [0.2, 0.25) is 0 Å². The molecule has 21 heavy (non-hydrogen) atoms. The van der Waals surface area contributed by atoms with Crippen molar-refractivity contribution in [2.75, 3.05) is 18.1 Å². The van der Waals surface area contributed by atoms with Gasteiger partial charge in [-0.25, -0.2) is 4.39 Å². The van der Waals surface area contributed by atoms with Gasteiger partial charge in [-0.15, -0.1) is 0 Å². The molecule has 2 aromatic rings. The third kappa shape index (κ3) is 3.17. The standard InChI is InChI=1S/C15H14FN3O2/c1-18-14(20)11-4-2-3-5-13(11)19-15(21)10-7-6-9(16)8-12(10)17/h2-8H,17H2,1H3,(H,18,20)(H,19,21). The van der Waals surface area contributed by atoms with Gasteiger partial charge in [0.25, 0.3) is 11.8 Å². The van der Waals surface area contributed by atoms with E-state index in [4.69, 9.17) is 5.73 Å². The Morgan fingerprint density at radius 3 is 2.43 bits per heavy atom. The first-order valence-electron chi connectivity index (χ1n) is 6.20. The van der Waals surface area contributed by atoms with Gasteiger partial charge in [-0.3, -0.25) is 9.59 Å². The number of amides is 2. The van der Waals surface area contributed by atoms with Crippen molar-refractivity contribution < 1.29 is 14.0 Å². The highest BCUT2D eigenvalue weighted by Crippen LogP contribution is 2.19. The molecule has 2 rings (SSSR count). The average molecular weight is 287 g/mol. The summed E-state index contributed by atoms with van der Waals surface area (Å²) in [4.78, 5) is 23.9. The zero-order valence-corrected chi connectivity index (χ0v) is 11.3. The summed E-state index contributed by atoms with van der Waals surface area (Å²) in [7, 11) is 1.50. The summed E-state index contributed by atoms with van der Waals surface area (Å²) in [5, 5.41) is 5.09. The highest BCUT2D eigenvalue weighted by atomic mass is 19.1. The first-order valence-corrected chi connectivity index (χ1v) is 6.20. The molecule has 0 radical (unpaired) electrons. The summed E-state index contributed by atoms with van der Waals surface area (Å²) in [6.45, 7) is 0. The number of hydrogen-bond acceptors (Lipinski definition) is 3. The molecule has 5 nitrogen and oxygen atoms in total. The predicted molar refractivity (Wildman–Crippen MR) is 78.6 cm³/mol. The maximum atomic E-state index is 13.0. The molecule has 2 aromatic carbocycles. The number of halogens is 1. The summed E-state index contributed by atoms with van der Waals surface area (Å²) in [5.41, 5.74) is 6.47. The largest absolute Gasteiger partial charge is 0.398 e. The minimum Gasteiger partial charge on any atom is -0.398 e. The van der Waals surface area contributed by atoms with Crippen LogP contribution in [0.2, 0.25) is 0 Å². The van der Waals surface area contributed by atoms with Gasteiger partial charge >= 0.3 is 0 Å². The fourth-order valence-electron chi connectivity index (χ4n) is 1.85. The minimum absolute atomic E-state index is 0.0323. The molecule has 0 spiro atoms. The molecule has 0 aliphatic rings. The van der Waals surface area contributed by atoms with Crippen LogP contribution in [0.5, 0.6) is 0 Å². The minimum atomic E-state index is -0.519. The highest BCUT2D eigenvalue weighted by molar-refractivity contribution is 6.11. The van der Waals surface area contributed by atoms with E-state index in [0.717, 1.165) is 12.1 Å². The van der Waals surface area contributed by atoms with E-state index in [2.05, 4.69) is 10.6 Å². The van der Waals surface area contributed by atoms with Crippen LogP contribution >= 0.6 is 0 Å². The molecule has 0 aromatic heterocycles. The maximum Gasteiger partial charge on any atom is 0.257 e. The monoisotopic (exact) mass is 287 g/mol. The number of rotatable bonds is 3. The van der Waals surface area contributed by atoms with Crippen LogP contribution in [0.4, 0.5) is 15.8 Å². The molecule has 6 heteroatoms. The number of carbonyl (C=O) groups excluding carboxylic acids is 2. The van der Waals surface area contributed by atoms with Crippen LogP contribution in [0.25, 0.3) is 0 Å². The van der Waals surface area contributed by atoms with Crippen molar-refractivity contribution in [3.05, 3.63) is 59.4 Å². The summed E-state index contributed by atoms with van der Waals surface area (Å²) in [6.07, 6.45) is 0. The van der Waals surface area contributed by atoms with Crippen molar-refractivity contribution in [3.8, 4) is 0 Å². The molecule has 4 N–H and O–H groups in total. The Labute approximate surface area is 121 Å². The third-order valence-corrected chi connectivity index (χ3v) is 2.91. The van der Waals surface area contributed by atoms with Crippen molar-refractivity contribution in [2.45, 2.75) is 0 Å². The normalized spacial score (nSPS) is 10.0. The van der Waals surface area contributed by atoms with E-state index in [1.54, 1.807) is 24.3 Å². The van der Waals surface area contributed by atoms with E-state index in [1.165, 1.54) is 13.1 Å². The van der Waals surface area contributed by atoms with Gasteiger partial charge in [0.05, 0.1) is 16.8 Å². The van der Waals surface area contributed by atoms with E-state index in [9.17, 15) is 14.0 Å². The summed E-state index contributed by atoms with van der Waals surface area (Å²) >= 11 is 0. The number of nitrogens with two attached hydrogens (primary N) is 1. The SMILES string of the molecule is CNC(=O)c1ccccc1NC(=O)c1ccc(F)cc1N. The van der Waals surface area contributed by atoms with Crippen LogP contribution in [0.15, 0.2) is 42.5 Å². The van der Waals surface area contributed by atoms with E-state index in [-0.39, 0.29) is 17.2 Å². The Balaban J connectivity index is 2.30. The molecule has 0 aliphatic carbocycles. The van der Waals surface area contributed by atoms with Crippen LogP contribution in [-0.4, -0.2) is 18.9 Å². The Hall–Kier alpha value is -2.89. The van der Waals surface area contributed by atoms with Crippen LogP contribution in [-0.2, 0) is 0 Å². The van der Waals surface area contributed by atoms with E-state index >= 15 is 0 Å². The van der Waals surface area contributed by atoms with E-state index in [0.29, 0.717) is 11.3 Å². The van der Waals surface area contributed by atoms with Gasteiger partial charge in [0.15, 0.2) is 0 Å². The van der Waals surface area contributed by atoms with Crippen LogP contribution < -0.4 is 16.4 Å². The lowest BCUT2D eigenvalue weighted by Gasteiger charge is -2.11. The quantitative estimate of drug-likeness (QED) is 0.755. The molecule has 0 bridgehead atoms.